The van der Waals surface area contributed by atoms with Crippen LogP contribution in [0.2, 0.25) is 0 Å². The van der Waals surface area contributed by atoms with Crippen molar-refractivity contribution in [3.05, 3.63) is 64.7 Å². The maximum atomic E-state index is 9.57. The van der Waals surface area contributed by atoms with E-state index in [1.54, 1.807) is 0 Å². The normalized spacial score (nSPS) is 10.5. The minimum atomic E-state index is 0.398. The number of hydrogen-bond donors (Lipinski definition) is 1. The van der Waals surface area contributed by atoms with Crippen molar-refractivity contribution >= 4 is 0 Å². The van der Waals surface area contributed by atoms with Crippen molar-refractivity contribution in [2.24, 2.45) is 0 Å². The van der Waals surface area contributed by atoms with Gasteiger partial charge in [-0.1, -0.05) is 75.7 Å². The highest BCUT2D eigenvalue weighted by molar-refractivity contribution is 5.40. The molecule has 0 aliphatic rings. The standard InChI is InChI=1S/C10H14O.C10H14/c1-7(2)9-6-4-5-8(3)10(9)11;1-8(2)10-6-4-9(3)5-7-10/h4-7,11H,1-3H3;4-8H,1-3H3. The Morgan fingerprint density at radius 1 is 0.762 bits per heavy atom. The van der Waals surface area contributed by atoms with E-state index in [4.69, 9.17) is 0 Å². The number of phenols is 1. The van der Waals surface area contributed by atoms with Gasteiger partial charge in [0.1, 0.15) is 5.75 Å². The Morgan fingerprint density at radius 2 is 1.33 bits per heavy atom. The molecule has 1 heteroatoms. The summed E-state index contributed by atoms with van der Waals surface area (Å²) in [6, 6.07) is 14.6. The van der Waals surface area contributed by atoms with Crippen molar-refractivity contribution < 1.29 is 5.11 Å². The predicted molar refractivity (Wildman–Crippen MR) is 92.2 cm³/mol. The van der Waals surface area contributed by atoms with Crippen LogP contribution in [0.1, 0.15) is 61.8 Å². The summed E-state index contributed by atoms with van der Waals surface area (Å²) in [6.45, 7) is 12.6. The van der Waals surface area contributed by atoms with Crippen molar-refractivity contribution in [3.8, 4) is 5.75 Å². The van der Waals surface area contributed by atoms with Gasteiger partial charge in [0, 0.05) is 0 Å². The minimum absolute atomic E-state index is 0.398. The largest absolute Gasteiger partial charge is 0.507 e. The van der Waals surface area contributed by atoms with Crippen LogP contribution in [-0.4, -0.2) is 5.11 Å². The first kappa shape index (κ1) is 17.3. The van der Waals surface area contributed by atoms with Gasteiger partial charge in [0.05, 0.1) is 0 Å². The lowest BCUT2D eigenvalue weighted by Gasteiger charge is -2.09. The van der Waals surface area contributed by atoms with E-state index < -0.39 is 0 Å². The SMILES string of the molecule is Cc1ccc(C(C)C)cc1.Cc1cccc(C(C)C)c1O. The summed E-state index contributed by atoms with van der Waals surface area (Å²) in [5, 5.41) is 9.57. The molecule has 2 aromatic carbocycles. The number of phenolic OH excluding ortho intramolecular Hbond substituents is 1. The van der Waals surface area contributed by atoms with Crippen LogP contribution >= 0.6 is 0 Å². The van der Waals surface area contributed by atoms with Crippen LogP contribution in [0.4, 0.5) is 0 Å². The number of aromatic hydroxyl groups is 1. The second kappa shape index (κ2) is 7.87. The summed E-state index contributed by atoms with van der Waals surface area (Å²) in [4.78, 5) is 0. The smallest absolute Gasteiger partial charge is 0.121 e. The average Bonchev–Trinajstić information content (AvgIpc) is 2.42. The fourth-order valence-electron chi connectivity index (χ4n) is 2.10. The number of benzene rings is 2. The molecule has 21 heavy (non-hydrogen) atoms. The van der Waals surface area contributed by atoms with E-state index in [0.717, 1.165) is 11.1 Å². The van der Waals surface area contributed by atoms with Crippen LogP contribution in [0, 0.1) is 13.8 Å². The van der Waals surface area contributed by atoms with E-state index in [-0.39, 0.29) is 0 Å². The van der Waals surface area contributed by atoms with Gasteiger partial charge >= 0.3 is 0 Å². The van der Waals surface area contributed by atoms with Gasteiger partial charge in [0.15, 0.2) is 0 Å². The topological polar surface area (TPSA) is 20.2 Å². The predicted octanol–water partition coefficient (Wildman–Crippen LogP) is 5.94. The van der Waals surface area contributed by atoms with Gasteiger partial charge in [-0.05, 0) is 42.4 Å². The molecule has 0 unspecified atom stereocenters. The highest BCUT2D eigenvalue weighted by Gasteiger charge is 2.05. The molecule has 2 rings (SSSR count). The zero-order valence-electron chi connectivity index (χ0n) is 14.1. The average molecular weight is 284 g/mol. The third kappa shape index (κ3) is 5.26. The van der Waals surface area contributed by atoms with E-state index in [1.165, 1.54) is 11.1 Å². The molecule has 0 saturated carbocycles. The summed E-state index contributed by atoms with van der Waals surface area (Å²) in [5.41, 5.74) is 4.75. The number of hydrogen-bond acceptors (Lipinski definition) is 1. The second-order valence-electron chi connectivity index (χ2n) is 6.23. The lowest BCUT2D eigenvalue weighted by atomic mass is 10.00. The molecular formula is C20H28O. The first-order valence-electron chi connectivity index (χ1n) is 7.68. The molecule has 0 aliphatic heterocycles. The van der Waals surface area contributed by atoms with Gasteiger partial charge in [-0.3, -0.25) is 0 Å². The molecule has 0 spiro atoms. The summed E-state index contributed by atoms with van der Waals surface area (Å²) in [7, 11) is 0. The van der Waals surface area contributed by atoms with Crippen LogP contribution in [0.3, 0.4) is 0 Å². The summed E-state index contributed by atoms with van der Waals surface area (Å²) in [6.07, 6.45) is 0. The number of para-hydroxylation sites is 1. The van der Waals surface area contributed by atoms with Gasteiger partial charge in [-0.2, -0.15) is 0 Å². The minimum Gasteiger partial charge on any atom is -0.507 e. The Morgan fingerprint density at radius 3 is 1.76 bits per heavy atom. The van der Waals surface area contributed by atoms with Gasteiger partial charge in [-0.25, -0.2) is 0 Å². The van der Waals surface area contributed by atoms with E-state index >= 15 is 0 Å². The van der Waals surface area contributed by atoms with E-state index in [1.807, 2.05) is 25.1 Å². The maximum Gasteiger partial charge on any atom is 0.121 e. The quantitative estimate of drug-likeness (QED) is 0.723. The molecule has 0 saturated heterocycles. The molecule has 2 aromatic rings. The van der Waals surface area contributed by atoms with Crippen molar-refractivity contribution in [2.75, 3.05) is 0 Å². The molecule has 0 amide bonds. The number of rotatable bonds is 2. The van der Waals surface area contributed by atoms with Crippen molar-refractivity contribution in [2.45, 2.75) is 53.4 Å². The molecule has 1 N–H and O–H groups in total. The molecule has 0 aromatic heterocycles. The Bertz CT molecular complexity index is 551. The van der Waals surface area contributed by atoms with E-state index in [2.05, 4.69) is 58.9 Å². The summed E-state index contributed by atoms with van der Waals surface area (Å²) >= 11 is 0. The van der Waals surface area contributed by atoms with Gasteiger partial charge in [0.2, 0.25) is 0 Å². The lowest BCUT2D eigenvalue weighted by Crippen LogP contribution is -1.88. The highest BCUT2D eigenvalue weighted by atomic mass is 16.3. The third-order valence-corrected chi connectivity index (χ3v) is 3.63. The first-order valence-corrected chi connectivity index (χ1v) is 7.68. The zero-order valence-corrected chi connectivity index (χ0v) is 14.1. The van der Waals surface area contributed by atoms with Crippen LogP contribution in [0.15, 0.2) is 42.5 Å². The number of aryl methyl sites for hydroxylation is 2. The molecular weight excluding hydrogens is 256 g/mol. The summed E-state index contributed by atoms with van der Waals surface area (Å²) in [5.74, 6) is 1.50. The third-order valence-electron chi connectivity index (χ3n) is 3.63. The van der Waals surface area contributed by atoms with Gasteiger partial charge < -0.3 is 5.11 Å². The molecule has 0 atom stereocenters. The summed E-state index contributed by atoms with van der Waals surface area (Å²) < 4.78 is 0. The van der Waals surface area contributed by atoms with Crippen molar-refractivity contribution in [3.63, 3.8) is 0 Å². The lowest BCUT2D eigenvalue weighted by molar-refractivity contribution is 0.460. The highest BCUT2D eigenvalue weighted by Crippen LogP contribution is 2.27. The van der Waals surface area contributed by atoms with Crippen LogP contribution in [-0.2, 0) is 0 Å². The Hall–Kier alpha value is -1.76. The Kier molecular flexibility index (Phi) is 6.48. The second-order valence-corrected chi connectivity index (χ2v) is 6.23. The van der Waals surface area contributed by atoms with Gasteiger partial charge in [-0.15, -0.1) is 0 Å². The van der Waals surface area contributed by atoms with Crippen molar-refractivity contribution in [1.82, 2.24) is 0 Å². The Labute approximate surface area is 129 Å². The molecule has 0 bridgehead atoms. The Balaban J connectivity index is 0.000000211. The van der Waals surface area contributed by atoms with Crippen LogP contribution < -0.4 is 0 Å². The molecule has 0 radical (unpaired) electrons. The monoisotopic (exact) mass is 284 g/mol. The zero-order chi connectivity index (χ0) is 16.0. The van der Waals surface area contributed by atoms with Crippen molar-refractivity contribution in [1.29, 1.82) is 0 Å². The molecule has 0 fully saturated rings. The molecule has 1 nitrogen and oxygen atoms in total. The molecule has 0 aliphatic carbocycles. The van der Waals surface area contributed by atoms with E-state index in [9.17, 15) is 5.11 Å². The molecule has 0 heterocycles. The van der Waals surface area contributed by atoms with Gasteiger partial charge in [0.25, 0.3) is 0 Å². The maximum absolute atomic E-state index is 9.57. The van der Waals surface area contributed by atoms with Crippen LogP contribution in [0.5, 0.6) is 5.75 Å². The van der Waals surface area contributed by atoms with E-state index in [0.29, 0.717) is 17.6 Å². The first-order chi connectivity index (χ1) is 9.82. The fourth-order valence-corrected chi connectivity index (χ4v) is 2.10. The fraction of sp³-hybridized carbons (Fsp3) is 0.400. The molecule has 114 valence electrons. The van der Waals surface area contributed by atoms with Crippen LogP contribution in [0.25, 0.3) is 0 Å².